The van der Waals surface area contributed by atoms with Crippen molar-refractivity contribution in [3.05, 3.63) is 66.1 Å². The second kappa shape index (κ2) is 9.08. The van der Waals surface area contributed by atoms with Crippen LogP contribution in [0.5, 0.6) is 0 Å². The van der Waals surface area contributed by atoms with Gasteiger partial charge in [0.15, 0.2) is 0 Å². The fraction of sp³-hybridized carbons (Fsp3) is 0.208. The average molecular weight is 511 g/mol. The molecule has 3 aromatic heterocycles. The first-order valence-corrected chi connectivity index (χ1v) is 11.2. The van der Waals surface area contributed by atoms with Crippen LogP contribution in [0.4, 0.5) is 30.8 Å². The molecule has 1 amide bonds. The van der Waals surface area contributed by atoms with Crippen LogP contribution in [-0.4, -0.2) is 49.4 Å². The third-order valence-corrected chi connectivity index (χ3v) is 6.13. The van der Waals surface area contributed by atoms with Crippen molar-refractivity contribution in [3.63, 3.8) is 0 Å². The fourth-order valence-electron chi connectivity index (χ4n) is 4.26. The highest BCUT2D eigenvalue weighted by atomic mass is 19.4. The predicted molar refractivity (Wildman–Crippen MR) is 128 cm³/mol. The Morgan fingerprint density at radius 2 is 1.86 bits per heavy atom. The molecular formula is C24H20F3N7O3. The monoisotopic (exact) mass is 511 g/mol. The number of aliphatic carboxylic acids is 1. The summed E-state index contributed by atoms with van der Waals surface area (Å²) in [6, 6.07) is 7.86. The number of benzene rings is 1. The first-order valence-electron chi connectivity index (χ1n) is 11.2. The Morgan fingerprint density at radius 1 is 1.11 bits per heavy atom. The summed E-state index contributed by atoms with van der Waals surface area (Å²) < 4.78 is 40.6. The number of nitrogen functional groups attached to an aromatic ring is 1. The lowest BCUT2D eigenvalue weighted by molar-refractivity contribution is -0.141. The molecule has 0 radical (unpaired) electrons. The number of carbonyl (C=O) groups excluding carboxylic acids is 1. The summed E-state index contributed by atoms with van der Waals surface area (Å²) >= 11 is 0. The molecular weight excluding hydrogens is 491 g/mol. The van der Waals surface area contributed by atoms with E-state index in [-0.39, 0.29) is 17.2 Å². The van der Waals surface area contributed by atoms with E-state index in [1.54, 1.807) is 22.7 Å². The number of carbonyl (C=O) groups is 2. The highest BCUT2D eigenvalue weighted by molar-refractivity contribution is 6.04. The normalized spacial score (nSPS) is 15.8. The molecule has 4 heterocycles. The van der Waals surface area contributed by atoms with E-state index in [1.807, 2.05) is 4.90 Å². The van der Waals surface area contributed by atoms with Crippen molar-refractivity contribution in [1.82, 2.24) is 19.4 Å². The number of imidazole rings is 1. The third kappa shape index (κ3) is 4.62. The average Bonchev–Trinajstić information content (AvgIpc) is 3.50. The molecule has 0 spiro atoms. The molecule has 0 unspecified atom stereocenters. The minimum atomic E-state index is -4.56. The molecule has 0 aliphatic carbocycles. The zero-order valence-corrected chi connectivity index (χ0v) is 19.1. The number of pyridine rings is 1. The smallest absolute Gasteiger partial charge is 0.416 e. The van der Waals surface area contributed by atoms with Gasteiger partial charge in [0.1, 0.15) is 22.8 Å². The maximum Gasteiger partial charge on any atom is 0.416 e. The van der Waals surface area contributed by atoms with Crippen molar-refractivity contribution < 1.29 is 27.9 Å². The highest BCUT2D eigenvalue weighted by Gasteiger charge is 2.32. The molecule has 1 aliphatic heterocycles. The molecule has 10 nitrogen and oxygen atoms in total. The number of amides is 1. The van der Waals surface area contributed by atoms with Crippen LogP contribution in [0.1, 0.15) is 22.3 Å². The lowest BCUT2D eigenvalue weighted by Gasteiger charge is -2.15. The Labute approximate surface area is 207 Å². The van der Waals surface area contributed by atoms with E-state index in [4.69, 9.17) is 10.7 Å². The van der Waals surface area contributed by atoms with Gasteiger partial charge in [-0.3, -0.25) is 14.0 Å². The Morgan fingerprint density at radius 3 is 2.54 bits per heavy atom. The number of alkyl halides is 3. The molecule has 0 saturated carbocycles. The Bertz CT molecular complexity index is 1500. The van der Waals surface area contributed by atoms with E-state index in [9.17, 15) is 27.9 Å². The van der Waals surface area contributed by atoms with Gasteiger partial charge in [-0.25, -0.2) is 15.0 Å². The van der Waals surface area contributed by atoms with Gasteiger partial charge in [-0.2, -0.15) is 13.2 Å². The Balaban J connectivity index is 1.43. The van der Waals surface area contributed by atoms with E-state index in [0.717, 1.165) is 18.3 Å². The second-order valence-corrected chi connectivity index (χ2v) is 8.52. The molecule has 1 saturated heterocycles. The number of carboxylic acid groups (broad SMARTS) is 1. The van der Waals surface area contributed by atoms with Gasteiger partial charge in [0, 0.05) is 42.8 Å². The zero-order valence-electron chi connectivity index (χ0n) is 19.1. The molecule has 1 aliphatic rings. The SMILES string of the molecule is Nc1nccn2c(N3CC[C@H](C(=O)O)C3)nc(-c3ccc(C(=O)Nc4cc(C(F)(F)F)ccn4)cc3)c12. The van der Waals surface area contributed by atoms with Crippen molar-refractivity contribution in [2.24, 2.45) is 5.92 Å². The number of nitrogens with zero attached hydrogens (tertiary/aromatic N) is 5. The van der Waals surface area contributed by atoms with Crippen LogP contribution in [0.15, 0.2) is 55.0 Å². The van der Waals surface area contributed by atoms with Crippen molar-refractivity contribution in [3.8, 4) is 11.3 Å². The first-order chi connectivity index (χ1) is 17.6. The summed E-state index contributed by atoms with van der Waals surface area (Å²) in [4.78, 5) is 38.6. The van der Waals surface area contributed by atoms with Gasteiger partial charge in [0.2, 0.25) is 5.95 Å². The lowest BCUT2D eigenvalue weighted by atomic mass is 10.1. The molecule has 1 aromatic carbocycles. The molecule has 37 heavy (non-hydrogen) atoms. The van der Waals surface area contributed by atoms with Crippen LogP contribution in [0.2, 0.25) is 0 Å². The number of fused-ring (bicyclic) bond motifs is 1. The molecule has 4 N–H and O–H groups in total. The second-order valence-electron chi connectivity index (χ2n) is 8.52. The summed E-state index contributed by atoms with van der Waals surface area (Å²) in [5.41, 5.74) is 7.06. The number of carboxylic acids is 1. The Hall–Kier alpha value is -4.68. The van der Waals surface area contributed by atoms with E-state index in [0.29, 0.717) is 42.2 Å². The Kier molecular flexibility index (Phi) is 5.90. The van der Waals surface area contributed by atoms with Gasteiger partial charge in [-0.05, 0) is 30.7 Å². The van der Waals surface area contributed by atoms with Gasteiger partial charge in [-0.1, -0.05) is 12.1 Å². The summed E-state index contributed by atoms with van der Waals surface area (Å²) in [6.45, 7) is 0.819. The van der Waals surface area contributed by atoms with Crippen LogP contribution in [-0.2, 0) is 11.0 Å². The number of nitrogens with two attached hydrogens (primary N) is 1. The van der Waals surface area contributed by atoms with Crippen molar-refractivity contribution >= 4 is 35.0 Å². The number of hydrogen-bond acceptors (Lipinski definition) is 7. The van der Waals surface area contributed by atoms with Crippen molar-refractivity contribution in [1.29, 1.82) is 0 Å². The quantitative estimate of drug-likeness (QED) is 0.370. The number of hydrogen-bond donors (Lipinski definition) is 3. The van der Waals surface area contributed by atoms with Crippen LogP contribution in [0.25, 0.3) is 16.8 Å². The van der Waals surface area contributed by atoms with E-state index in [1.165, 1.54) is 18.3 Å². The molecule has 1 atom stereocenters. The van der Waals surface area contributed by atoms with Gasteiger partial charge >= 0.3 is 12.1 Å². The van der Waals surface area contributed by atoms with E-state index < -0.39 is 29.5 Å². The summed E-state index contributed by atoms with van der Waals surface area (Å²) in [6.07, 6.45) is 0.120. The number of halogens is 3. The van der Waals surface area contributed by atoms with Gasteiger partial charge in [0.05, 0.1) is 11.5 Å². The first kappa shape index (κ1) is 24.0. The molecule has 1 fully saturated rings. The zero-order chi connectivity index (χ0) is 26.3. The molecule has 5 rings (SSSR count). The summed E-state index contributed by atoms with van der Waals surface area (Å²) in [5.74, 6) is -1.47. The molecule has 13 heteroatoms. The molecule has 0 bridgehead atoms. The fourth-order valence-corrected chi connectivity index (χ4v) is 4.26. The molecule has 190 valence electrons. The van der Waals surface area contributed by atoms with E-state index in [2.05, 4.69) is 15.3 Å². The number of aromatic nitrogens is 4. The molecule has 4 aromatic rings. The van der Waals surface area contributed by atoms with Crippen LogP contribution in [0.3, 0.4) is 0 Å². The summed E-state index contributed by atoms with van der Waals surface area (Å²) in [7, 11) is 0. The van der Waals surface area contributed by atoms with Gasteiger partial charge < -0.3 is 21.1 Å². The van der Waals surface area contributed by atoms with Crippen molar-refractivity contribution in [2.75, 3.05) is 29.0 Å². The van der Waals surface area contributed by atoms with E-state index >= 15 is 0 Å². The largest absolute Gasteiger partial charge is 0.481 e. The lowest BCUT2D eigenvalue weighted by Crippen LogP contribution is -2.24. The number of nitrogens with one attached hydrogen (secondary N) is 1. The summed E-state index contributed by atoms with van der Waals surface area (Å²) in [5, 5.41) is 11.7. The van der Waals surface area contributed by atoms with Gasteiger partial charge in [-0.15, -0.1) is 0 Å². The topological polar surface area (TPSA) is 139 Å². The predicted octanol–water partition coefficient (Wildman–Crippen LogP) is 3.56. The van der Waals surface area contributed by atoms with Crippen molar-refractivity contribution in [2.45, 2.75) is 12.6 Å². The third-order valence-electron chi connectivity index (χ3n) is 6.13. The van der Waals surface area contributed by atoms with Crippen LogP contribution in [0, 0.1) is 5.92 Å². The number of rotatable bonds is 5. The minimum Gasteiger partial charge on any atom is -0.481 e. The minimum absolute atomic E-state index is 0.196. The maximum atomic E-state index is 12.9. The maximum absolute atomic E-state index is 12.9. The van der Waals surface area contributed by atoms with Crippen LogP contribution < -0.4 is 16.0 Å². The van der Waals surface area contributed by atoms with Gasteiger partial charge in [0.25, 0.3) is 5.91 Å². The van der Waals surface area contributed by atoms with Crippen LogP contribution >= 0.6 is 0 Å². The standard InChI is InChI=1S/C24H20F3N7O3/c25-24(26,27)16-5-7-29-17(11-16)31-21(35)14-3-1-13(2-4-14)18-19-20(28)30-8-10-34(19)23(32-18)33-9-6-15(12-33)22(36)37/h1-5,7-8,10-11,15H,6,9,12H2,(H2,28,30)(H,36,37)(H,29,31,35)/t15-/m0/s1. The highest BCUT2D eigenvalue weighted by Crippen LogP contribution is 2.34. The number of anilines is 3.